The monoisotopic (exact) mass is 344 g/mol. The highest BCUT2D eigenvalue weighted by Crippen LogP contribution is 2.36. The summed E-state index contributed by atoms with van der Waals surface area (Å²) in [5, 5.41) is 12.0. The summed E-state index contributed by atoms with van der Waals surface area (Å²) in [7, 11) is 1.49. The van der Waals surface area contributed by atoms with Crippen LogP contribution < -0.4 is 11.0 Å². The maximum atomic E-state index is 13.0. The first-order chi connectivity index (χ1) is 11.3. The fraction of sp³-hybridized carbons (Fsp3) is 0.538. The predicted octanol–water partition coefficient (Wildman–Crippen LogP) is 0.129. The molecule has 0 aromatic carbocycles. The predicted molar refractivity (Wildman–Crippen MR) is 74.9 cm³/mol. The third-order valence-electron chi connectivity index (χ3n) is 3.98. The van der Waals surface area contributed by atoms with Crippen molar-refractivity contribution in [3.63, 3.8) is 0 Å². The Hall–Kier alpha value is -2.59. The number of carbonyl (C=O) groups excluding carboxylic acids is 1. The van der Waals surface area contributed by atoms with Gasteiger partial charge in [0.05, 0.1) is 6.54 Å². The van der Waals surface area contributed by atoms with Crippen molar-refractivity contribution in [2.24, 2.45) is 7.05 Å². The van der Waals surface area contributed by atoms with Gasteiger partial charge in [-0.2, -0.15) is 23.4 Å². The zero-order chi connectivity index (χ0) is 17.5. The number of hydrogen-bond acceptors (Lipinski definition) is 4. The number of hydrogen-bond donors (Lipinski definition) is 2. The topological polar surface area (TPSA) is 97.6 Å². The van der Waals surface area contributed by atoms with Gasteiger partial charge in [0.25, 0.3) is 0 Å². The second-order valence-corrected chi connectivity index (χ2v) is 5.56. The number of fused-ring (bicyclic) bond motifs is 1. The molecule has 0 unspecified atom stereocenters. The lowest BCUT2D eigenvalue weighted by Gasteiger charge is -2.07. The van der Waals surface area contributed by atoms with E-state index in [-0.39, 0.29) is 18.7 Å². The number of carbonyl (C=O) groups is 1. The van der Waals surface area contributed by atoms with E-state index in [4.69, 9.17) is 0 Å². The molecular formula is C13H15F3N6O2. The zero-order valence-corrected chi connectivity index (χ0v) is 12.8. The lowest BCUT2D eigenvalue weighted by Crippen LogP contribution is -2.30. The Morgan fingerprint density at radius 3 is 2.75 bits per heavy atom. The molecule has 0 fully saturated rings. The highest BCUT2D eigenvalue weighted by atomic mass is 19.4. The number of nitrogens with zero attached hydrogens (tertiary/aromatic N) is 4. The molecule has 0 spiro atoms. The average Bonchev–Trinajstić information content (AvgIpc) is 3.16. The van der Waals surface area contributed by atoms with E-state index < -0.39 is 23.5 Å². The van der Waals surface area contributed by atoms with Crippen LogP contribution in [0.1, 0.15) is 29.2 Å². The molecule has 0 aliphatic heterocycles. The van der Waals surface area contributed by atoms with E-state index in [2.05, 4.69) is 20.6 Å². The van der Waals surface area contributed by atoms with Crippen LogP contribution in [-0.2, 0) is 43.9 Å². The molecule has 2 heterocycles. The molecule has 130 valence electrons. The number of alkyl halides is 3. The van der Waals surface area contributed by atoms with Gasteiger partial charge in [0, 0.05) is 18.3 Å². The van der Waals surface area contributed by atoms with Gasteiger partial charge in [0.15, 0.2) is 11.5 Å². The summed E-state index contributed by atoms with van der Waals surface area (Å²) < 4.78 is 41.3. The highest BCUT2D eigenvalue weighted by molar-refractivity contribution is 5.75. The van der Waals surface area contributed by atoms with Crippen LogP contribution in [0.5, 0.6) is 0 Å². The van der Waals surface area contributed by atoms with Crippen molar-refractivity contribution < 1.29 is 18.0 Å². The van der Waals surface area contributed by atoms with Gasteiger partial charge in [0.1, 0.15) is 6.54 Å². The Balaban J connectivity index is 1.71. The normalized spacial score (nSPS) is 14.0. The van der Waals surface area contributed by atoms with Gasteiger partial charge >= 0.3 is 11.9 Å². The number of aromatic amines is 1. The maximum Gasteiger partial charge on any atom is 0.435 e. The number of rotatable bonds is 4. The van der Waals surface area contributed by atoms with Crippen molar-refractivity contribution in [3.8, 4) is 0 Å². The lowest BCUT2D eigenvalue weighted by atomic mass is 10.2. The number of nitrogens with one attached hydrogen (secondary N) is 2. The van der Waals surface area contributed by atoms with Crippen molar-refractivity contribution in [2.45, 2.75) is 38.5 Å². The second-order valence-electron chi connectivity index (χ2n) is 5.56. The summed E-state index contributed by atoms with van der Waals surface area (Å²) in [6, 6.07) is 0. The smallest absolute Gasteiger partial charge is 0.347 e. The Bertz CT molecular complexity index is 832. The van der Waals surface area contributed by atoms with Crippen LogP contribution in [0.4, 0.5) is 13.2 Å². The quantitative estimate of drug-likeness (QED) is 0.824. The molecule has 1 aliphatic rings. The van der Waals surface area contributed by atoms with Gasteiger partial charge in [-0.05, 0) is 19.3 Å². The summed E-state index contributed by atoms with van der Waals surface area (Å²) in [6.45, 7) is -0.319. The van der Waals surface area contributed by atoms with Crippen LogP contribution in [0.2, 0.25) is 0 Å². The minimum atomic E-state index is -4.52. The molecule has 2 aromatic heterocycles. The molecule has 1 amide bonds. The first-order valence-corrected chi connectivity index (χ1v) is 7.30. The molecule has 0 radical (unpaired) electrons. The van der Waals surface area contributed by atoms with Gasteiger partial charge in [-0.25, -0.2) is 9.89 Å². The molecule has 2 N–H and O–H groups in total. The Morgan fingerprint density at radius 1 is 1.38 bits per heavy atom. The van der Waals surface area contributed by atoms with E-state index in [1.54, 1.807) is 0 Å². The number of halogens is 3. The first-order valence-electron chi connectivity index (χ1n) is 7.30. The van der Waals surface area contributed by atoms with Gasteiger partial charge < -0.3 is 5.32 Å². The molecule has 0 bridgehead atoms. The summed E-state index contributed by atoms with van der Waals surface area (Å²) >= 11 is 0. The molecule has 11 heteroatoms. The van der Waals surface area contributed by atoms with Gasteiger partial charge in [-0.1, -0.05) is 0 Å². The van der Waals surface area contributed by atoms with Crippen LogP contribution in [-0.4, -0.2) is 30.5 Å². The maximum absolute atomic E-state index is 13.0. The Labute approximate surface area is 133 Å². The minimum absolute atomic E-state index is 0.0103. The molecular weight excluding hydrogens is 329 g/mol. The number of amides is 1. The molecule has 1 aliphatic carbocycles. The molecule has 0 atom stereocenters. The van der Waals surface area contributed by atoms with Crippen LogP contribution in [0.15, 0.2) is 4.79 Å². The highest BCUT2D eigenvalue weighted by Gasteiger charge is 2.40. The summed E-state index contributed by atoms with van der Waals surface area (Å²) in [5.41, 5.74) is -0.675. The van der Waals surface area contributed by atoms with Gasteiger partial charge in [0.2, 0.25) is 5.91 Å². The zero-order valence-electron chi connectivity index (χ0n) is 12.8. The summed E-state index contributed by atoms with van der Waals surface area (Å²) in [4.78, 5) is 23.2. The average molecular weight is 344 g/mol. The third-order valence-corrected chi connectivity index (χ3v) is 3.98. The van der Waals surface area contributed by atoms with E-state index in [1.807, 2.05) is 0 Å². The van der Waals surface area contributed by atoms with Gasteiger partial charge in [-0.15, -0.1) is 0 Å². The van der Waals surface area contributed by atoms with Crippen LogP contribution in [0, 0.1) is 0 Å². The van der Waals surface area contributed by atoms with E-state index in [9.17, 15) is 22.8 Å². The Morgan fingerprint density at radius 2 is 2.12 bits per heavy atom. The fourth-order valence-corrected chi connectivity index (χ4v) is 2.77. The molecule has 0 saturated carbocycles. The largest absolute Gasteiger partial charge is 0.435 e. The van der Waals surface area contributed by atoms with Crippen LogP contribution >= 0.6 is 0 Å². The molecule has 3 rings (SSSR count). The first kappa shape index (κ1) is 16.3. The Kier molecular flexibility index (Phi) is 3.93. The second kappa shape index (κ2) is 5.80. The SMILES string of the molecule is Cn1c(CNC(=O)Cn2nc(C(F)(F)F)c3c2CCC3)n[nH]c1=O. The van der Waals surface area contributed by atoms with E-state index in [0.717, 1.165) is 4.68 Å². The molecule has 8 nitrogen and oxygen atoms in total. The van der Waals surface area contributed by atoms with E-state index in [0.29, 0.717) is 30.8 Å². The van der Waals surface area contributed by atoms with Crippen molar-refractivity contribution in [1.82, 2.24) is 29.9 Å². The summed E-state index contributed by atoms with van der Waals surface area (Å²) in [5.74, 6) is -0.189. The van der Waals surface area contributed by atoms with Crippen molar-refractivity contribution in [3.05, 3.63) is 33.3 Å². The van der Waals surface area contributed by atoms with E-state index in [1.165, 1.54) is 11.6 Å². The standard InChI is InChI=1S/C13H15F3N6O2/c1-21-9(18-19-12(21)24)5-17-10(23)6-22-8-4-2-3-7(8)11(20-22)13(14,15)16/h2-6H2,1H3,(H,17,23)(H,19,24). The van der Waals surface area contributed by atoms with Crippen LogP contribution in [0.25, 0.3) is 0 Å². The van der Waals surface area contributed by atoms with Gasteiger partial charge in [-0.3, -0.25) is 14.0 Å². The van der Waals surface area contributed by atoms with Crippen molar-refractivity contribution in [2.75, 3.05) is 0 Å². The molecule has 0 saturated heterocycles. The minimum Gasteiger partial charge on any atom is -0.347 e. The molecule has 24 heavy (non-hydrogen) atoms. The third kappa shape index (κ3) is 2.93. The lowest BCUT2D eigenvalue weighted by molar-refractivity contribution is -0.142. The fourth-order valence-electron chi connectivity index (χ4n) is 2.77. The summed E-state index contributed by atoms with van der Waals surface area (Å²) in [6.07, 6.45) is -3.11. The van der Waals surface area contributed by atoms with Crippen molar-refractivity contribution in [1.29, 1.82) is 0 Å². The number of aromatic nitrogens is 5. The van der Waals surface area contributed by atoms with Crippen molar-refractivity contribution >= 4 is 5.91 Å². The van der Waals surface area contributed by atoms with E-state index >= 15 is 0 Å². The molecule has 2 aromatic rings. The number of H-pyrrole nitrogens is 1. The van der Waals surface area contributed by atoms with Crippen LogP contribution in [0.3, 0.4) is 0 Å².